The first-order valence-electron chi connectivity index (χ1n) is 5.67. The van der Waals surface area contributed by atoms with Gasteiger partial charge in [-0.3, -0.25) is 10.7 Å². The second-order valence-electron chi connectivity index (χ2n) is 4.10. The molecule has 1 aliphatic heterocycles. The van der Waals surface area contributed by atoms with E-state index in [1.807, 2.05) is 23.1 Å². The third kappa shape index (κ3) is 1.54. The molecule has 0 spiro atoms. The van der Waals surface area contributed by atoms with Gasteiger partial charge in [0.15, 0.2) is 11.6 Å². The highest BCUT2D eigenvalue weighted by atomic mass is 16.5. The van der Waals surface area contributed by atoms with Crippen LogP contribution in [0.3, 0.4) is 0 Å². The number of hydrogen-bond donors (Lipinski definition) is 3. The molecule has 0 amide bonds. The molecular formula is C12H13N5O. The van der Waals surface area contributed by atoms with Gasteiger partial charge < -0.3 is 10.6 Å². The number of benzene rings is 1. The Morgan fingerprint density at radius 2 is 2.11 bits per heavy atom. The van der Waals surface area contributed by atoms with Gasteiger partial charge >= 0.3 is 0 Å². The zero-order valence-electron chi connectivity index (χ0n) is 9.67. The van der Waals surface area contributed by atoms with Gasteiger partial charge in [-0.2, -0.15) is 0 Å². The summed E-state index contributed by atoms with van der Waals surface area (Å²) < 4.78 is 0. The molecule has 2 aromatic rings. The Bertz CT molecular complexity index is 586. The molecule has 0 saturated carbocycles. The molecule has 1 aromatic carbocycles. The highest BCUT2D eigenvalue weighted by Crippen LogP contribution is 2.37. The Labute approximate surface area is 104 Å². The van der Waals surface area contributed by atoms with Crippen LogP contribution in [0.1, 0.15) is 5.56 Å². The largest absolute Gasteiger partial charge is 0.382 e. The van der Waals surface area contributed by atoms with Crippen molar-refractivity contribution in [2.45, 2.75) is 6.42 Å². The number of nitrogen functional groups attached to an aromatic ring is 1. The molecule has 0 saturated heterocycles. The van der Waals surface area contributed by atoms with Crippen LogP contribution in [0, 0.1) is 0 Å². The van der Waals surface area contributed by atoms with Crippen LogP contribution in [0.4, 0.5) is 23.0 Å². The van der Waals surface area contributed by atoms with E-state index in [-0.39, 0.29) is 5.82 Å². The first-order valence-corrected chi connectivity index (χ1v) is 5.67. The van der Waals surface area contributed by atoms with Crippen molar-refractivity contribution in [3.8, 4) is 0 Å². The van der Waals surface area contributed by atoms with E-state index in [0.29, 0.717) is 11.5 Å². The zero-order chi connectivity index (χ0) is 12.5. The fourth-order valence-electron chi connectivity index (χ4n) is 2.26. The molecule has 1 aliphatic rings. The zero-order valence-corrected chi connectivity index (χ0v) is 9.67. The van der Waals surface area contributed by atoms with Crippen LogP contribution in [0.5, 0.6) is 0 Å². The maximum absolute atomic E-state index is 9.17. The Morgan fingerprint density at radius 1 is 1.28 bits per heavy atom. The third-order valence-electron chi connectivity index (χ3n) is 3.11. The van der Waals surface area contributed by atoms with Crippen molar-refractivity contribution >= 4 is 23.0 Å². The van der Waals surface area contributed by atoms with E-state index in [1.165, 1.54) is 11.9 Å². The van der Waals surface area contributed by atoms with Crippen LogP contribution in [0.25, 0.3) is 0 Å². The molecule has 6 nitrogen and oxygen atoms in total. The second kappa shape index (κ2) is 4.15. The van der Waals surface area contributed by atoms with E-state index in [0.717, 1.165) is 18.7 Å². The first kappa shape index (κ1) is 10.8. The average Bonchev–Trinajstić information content (AvgIpc) is 2.82. The molecule has 1 aromatic heterocycles. The maximum atomic E-state index is 9.17. The number of para-hydroxylation sites is 1. The number of nitrogens with two attached hydrogens (primary N) is 1. The molecule has 4 N–H and O–H groups in total. The molecule has 3 rings (SSSR count). The number of fused-ring (bicyclic) bond motifs is 1. The summed E-state index contributed by atoms with van der Waals surface area (Å²) in [4.78, 5) is 10.1. The van der Waals surface area contributed by atoms with Crippen molar-refractivity contribution in [1.29, 1.82) is 0 Å². The van der Waals surface area contributed by atoms with E-state index in [9.17, 15) is 5.21 Å². The molecule has 0 unspecified atom stereocenters. The summed E-state index contributed by atoms with van der Waals surface area (Å²) in [5.74, 6) is 0.821. The monoisotopic (exact) mass is 243 g/mol. The van der Waals surface area contributed by atoms with Gasteiger partial charge in [-0.1, -0.05) is 18.2 Å². The minimum absolute atomic E-state index is 0.229. The Kier molecular flexibility index (Phi) is 2.49. The fourth-order valence-corrected chi connectivity index (χ4v) is 2.26. The molecule has 0 radical (unpaired) electrons. The van der Waals surface area contributed by atoms with Crippen LogP contribution in [-0.4, -0.2) is 21.7 Å². The van der Waals surface area contributed by atoms with E-state index in [2.05, 4.69) is 21.5 Å². The Morgan fingerprint density at radius 3 is 2.94 bits per heavy atom. The smallest absolute Gasteiger partial charge is 0.164 e. The van der Waals surface area contributed by atoms with Crippen molar-refractivity contribution in [3.05, 3.63) is 36.2 Å². The number of anilines is 4. The van der Waals surface area contributed by atoms with Crippen molar-refractivity contribution in [1.82, 2.24) is 9.97 Å². The van der Waals surface area contributed by atoms with Crippen molar-refractivity contribution in [2.75, 3.05) is 22.7 Å². The summed E-state index contributed by atoms with van der Waals surface area (Å²) in [6.07, 6.45) is 2.34. The lowest BCUT2D eigenvalue weighted by molar-refractivity contribution is 0.389. The van der Waals surface area contributed by atoms with Crippen LogP contribution < -0.4 is 16.1 Å². The van der Waals surface area contributed by atoms with Gasteiger partial charge in [0, 0.05) is 12.2 Å². The Balaban J connectivity index is 2.10. The standard InChI is InChI=1S/C12H13N5O/c13-11-10(16-18)12(15-7-14-11)17-6-5-8-3-1-2-4-9(8)17/h1-4,7,16,18H,5-6H2,(H2,13,14,15). The van der Waals surface area contributed by atoms with E-state index < -0.39 is 0 Å². The number of hydrogen-bond acceptors (Lipinski definition) is 6. The number of aromatic nitrogens is 2. The van der Waals surface area contributed by atoms with Gasteiger partial charge in [-0.15, -0.1) is 0 Å². The molecule has 2 heterocycles. The highest BCUT2D eigenvalue weighted by molar-refractivity contribution is 5.81. The number of rotatable bonds is 2. The van der Waals surface area contributed by atoms with Crippen LogP contribution in [-0.2, 0) is 6.42 Å². The quantitative estimate of drug-likeness (QED) is 0.694. The summed E-state index contributed by atoms with van der Waals surface area (Å²) >= 11 is 0. The fraction of sp³-hybridized carbons (Fsp3) is 0.167. The molecule has 0 bridgehead atoms. The van der Waals surface area contributed by atoms with Crippen LogP contribution in [0.2, 0.25) is 0 Å². The van der Waals surface area contributed by atoms with Gasteiger partial charge in [0.1, 0.15) is 12.0 Å². The van der Waals surface area contributed by atoms with E-state index >= 15 is 0 Å². The number of nitrogens with one attached hydrogen (secondary N) is 1. The minimum atomic E-state index is 0.229. The summed E-state index contributed by atoms with van der Waals surface area (Å²) in [5, 5.41) is 9.17. The molecular weight excluding hydrogens is 230 g/mol. The van der Waals surface area contributed by atoms with Gasteiger partial charge in [-0.05, 0) is 18.1 Å². The van der Waals surface area contributed by atoms with E-state index in [4.69, 9.17) is 5.73 Å². The molecule has 0 aliphatic carbocycles. The predicted octanol–water partition coefficient (Wildman–Crippen LogP) is 1.55. The molecule has 18 heavy (non-hydrogen) atoms. The van der Waals surface area contributed by atoms with Crippen molar-refractivity contribution in [2.24, 2.45) is 0 Å². The van der Waals surface area contributed by atoms with Gasteiger partial charge in [-0.25, -0.2) is 9.97 Å². The summed E-state index contributed by atoms with van der Waals surface area (Å²) in [7, 11) is 0. The summed E-state index contributed by atoms with van der Waals surface area (Å²) in [6, 6.07) is 8.11. The normalized spacial score (nSPS) is 13.5. The minimum Gasteiger partial charge on any atom is -0.382 e. The highest BCUT2D eigenvalue weighted by Gasteiger charge is 2.24. The summed E-state index contributed by atoms with van der Waals surface area (Å²) in [6.45, 7) is 0.810. The molecule has 0 fully saturated rings. The lowest BCUT2D eigenvalue weighted by atomic mass is 10.2. The Hall–Kier alpha value is -2.34. The predicted molar refractivity (Wildman–Crippen MR) is 69.0 cm³/mol. The van der Waals surface area contributed by atoms with E-state index in [1.54, 1.807) is 0 Å². The molecule has 0 atom stereocenters. The number of nitrogens with zero attached hydrogens (tertiary/aromatic N) is 3. The first-order chi connectivity index (χ1) is 8.81. The van der Waals surface area contributed by atoms with Crippen molar-refractivity contribution in [3.63, 3.8) is 0 Å². The summed E-state index contributed by atoms with van der Waals surface area (Å²) in [5.41, 5.74) is 10.5. The van der Waals surface area contributed by atoms with Crippen LogP contribution in [0.15, 0.2) is 30.6 Å². The lowest BCUT2D eigenvalue weighted by Crippen LogP contribution is -2.17. The second-order valence-corrected chi connectivity index (χ2v) is 4.10. The SMILES string of the molecule is Nc1ncnc(N2CCc3ccccc32)c1NO. The lowest BCUT2D eigenvalue weighted by Gasteiger charge is -2.21. The topological polar surface area (TPSA) is 87.3 Å². The van der Waals surface area contributed by atoms with Crippen LogP contribution >= 0.6 is 0 Å². The van der Waals surface area contributed by atoms with Crippen molar-refractivity contribution < 1.29 is 5.21 Å². The third-order valence-corrected chi connectivity index (χ3v) is 3.11. The maximum Gasteiger partial charge on any atom is 0.164 e. The average molecular weight is 243 g/mol. The van der Waals surface area contributed by atoms with Gasteiger partial charge in [0.25, 0.3) is 0 Å². The molecule has 6 heteroatoms. The van der Waals surface area contributed by atoms with Gasteiger partial charge in [0.2, 0.25) is 0 Å². The van der Waals surface area contributed by atoms with Gasteiger partial charge in [0.05, 0.1) is 0 Å². The molecule has 92 valence electrons.